The Kier molecular flexibility index (Phi) is 4.57. The van der Waals surface area contributed by atoms with Gasteiger partial charge in [-0.05, 0) is 55.0 Å². The lowest BCUT2D eigenvalue weighted by Gasteiger charge is -2.38. The first-order chi connectivity index (χ1) is 9.77. The van der Waals surface area contributed by atoms with Crippen LogP contribution in [0.4, 0.5) is 5.69 Å². The Morgan fingerprint density at radius 2 is 1.90 bits per heavy atom. The van der Waals surface area contributed by atoms with Crippen LogP contribution in [-0.4, -0.2) is 23.9 Å². The number of rotatable bonds is 3. The number of amides is 1. The van der Waals surface area contributed by atoms with Gasteiger partial charge in [0.15, 0.2) is 0 Å². The molecule has 0 bridgehead atoms. The molecule has 0 saturated carbocycles. The zero-order chi connectivity index (χ0) is 15.6. The Morgan fingerprint density at radius 1 is 1.29 bits per heavy atom. The number of nitrogens with two attached hydrogens (primary N) is 2. The van der Waals surface area contributed by atoms with Gasteiger partial charge in [-0.25, -0.2) is 0 Å². The summed E-state index contributed by atoms with van der Waals surface area (Å²) < 4.78 is 0. The minimum Gasteiger partial charge on any atom is -0.398 e. The molecule has 1 aliphatic rings. The van der Waals surface area contributed by atoms with E-state index in [9.17, 15) is 4.79 Å². The number of nitrogens with zero attached hydrogens (tertiary/aromatic N) is 1. The first-order valence-electron chi connectivity index (χ1n) is 7.68. The zero-order valence-corrected chi connectivity index (χ0v) is 13.4. The second kappa shape index (κ2) is 6.06. The van der Waals surface area contributed by atoms with Crippen LogP contribution >= 0.6 is 0 Å². The molecule has 4 N–H and O–H groups in total. The highest BCUT2D eigenvalue weighted by Crippen LogP contribution is 2.34. The van der Waals surface area contributed by atoms with Crippen LogP contribution in [0.15, 0.2) is 18.2 Å². The molecule has 4 nitrogen and oxygen atoms in total. The lowest BCUT2D eigenvalue weighted by atomic mass is 9.75. The van der Waals surface area contributed by atoms with Crippen LogP contribution in [-0.2, 0) is 6.54 Å². The monoisotopic (exact) mass is 289 g/mol. The largest absolute Gasteiger partial charge is 0.398 e. The molecule has 1 amide bonds. The van der Waals surface area contributed by atoms with E-state index < -0.39 is 5.91 Å². The predicted molar refractivity (Wildman–Crippen MR) is 86.8 cm³/mol. The maximum absolute atomic E-state index is 11.1. The molecule has 21 heavy (non-hydrogen) atoms. The second-order valence-corrected chi connectivity index (χ2v) is 7.19. The Balaban J connectivity index is 1.96. The summed E-state index contributed by atoms with van der Waals surface area (Å²) >= 11 is 0. The van der Waals surface area contributed by atoms with Gasteiger partial charge in [0.1, 0.15) is 0 Å². The first kappa shape index (κ1) is 15.8. The van der Waals surface area contributed by atoms with Crippen LogP contribution in [0.2, 0.25) is 0 Å². The summed E-state index contributed by atoms with van der Waals surface area (Å²) in [5.74, 6) is 0.363. The van der Waals surface area contributed by atoms with Crippen LogP contribution in [0.3, 0.4) is 0 Å². The maximum Gasteiger partial charge on any atom is 0.248 e. The van der Waals surface area contributed by atoms with Crippen molar-refractivity contribution >= 4 is 11.6 Å². The lowest BCUT2D eigenvalue weighted by molar-refractivity contribution is 0.1000. The molecule has 0 spiro atoms. The lowest BCUT2D eigenvalue weighted by Crippen LogP contribution is -2.37. The van der Waals surface area contributed by atoms with Crippen molar-refractivity contribution in [2.24, 2.45) is 17.1 Å². The van der Waals surface area contributed by atoms with Crippen LogP contribution in [0.5, 0.6) is 0 Å². The van der Waals surface area contributed by atoms with Crippen LogP contribution in [0, 0.1) is 11.3 Å². The van der Waals surface area contributed by atoms with Crippen molar-refractivity contribution in [2.45, 2.75) is 40.2 Å². The molecule has 1 saturated heterocycles. The summed E-state index contributed by atoms with van der Waals surface area (Å²) in [6.45, 7) is 10.1. The van der Waals surface area contributed by atoms with Crippen molar-refractivity contribution in [1.82, 2.24) is 4.90 Å². The fourth-order valence-electron chi connectivity index (χ4n) is 3.09. The minimum atomic E-state index is -0.431. The normalized spacial score (nSPS) is 17.9. The Morgan fingerprint density at radius 3 is 2.38 bits per heavy atom. The molecule has 1 heterocycles. The number of likely N-dealkylation sites (tertiary alicyclic amines) is 1. The van der Waals surface area contributed by atoms with Gasteiger partial charge in [0.25, 0.3) is 0 Å². The number of primary amides is 1. The van der Waals surface area contributed by atoms with Crippen molar-refractivity contribution in [3.63, 3.8) is 0 Å². The molecule has 1 aliphatic heterocycles. The number of carbonyl (C=O) groups is 1. The summed E-state index contributed by atoms with van der Waals surface area (Å²) in [6.07, 6.45) is 2.48. The molecule has 0 aromatic heterocycles. The molecule has 0 atom stereocenters. The van der Waals surface area contributed by atoms with Gasteiger partial charge >= 0.3 is 0 Å². The molecule has 0 aliphatic carbocycles. The number of hydrogen-bond acceptors (Lipinski definition) is 3. The van der Waals surface area contributed by atoms with E-state index >= 15 is 0 Å². The molecule has 0 unspecified atom stereocenters. The Labute approximate surface area is 127 Å². The summed E-state index contributed by atoms with van der Waals surface area (Å²) in [6, 6.07) is 5.36. The van der Waals surface area contributed by atoms with Gasteiger partial charge in [0.05, 0.1) is 0 Å². The summed E-state index contributed by atoms with van der Waals surface area (Å²) in [4.78, 5) is 13.6. The third-order valence-corrected chi connectivity index (χ3v) is 4.64. The zero-order valence-electron chi connectivity index (χ0n) is 13.4. The van der Waals surface area contributed by atoms with E-state index in [4.69, 9.17) is 11.5 Å². The van der Waals surface area contributed by atoms with Gasteiger partial charge in [0, 0.05) is 17.8 Å². The van der Waals surface area contributed by atoms with E-state index in [0.29, 0.717) is 16.7 Å². The number of benzene rings is 1. The number of anilines is 1. The standard InChI is InChI=1S/C17H27N3O/c1-17(2,3)14-6-8-20(9-7-14)11-13-5-4-12(16(19)21)10-15(13)18/h4-5,10,14H,6-9,11,18H2,1-3H3,(H2,19,21). The van der Waals surface area contributed by atoms with E-state index in [2.05, 4.69) is 25.7 Å². The van der Waals surface area contributed by atoms with Crippen LogP contribution in [0.1, 0.15) is 49.5 Å². The van der Waals surface area contributed by atoms with Crippen molar-refractivity contribution in [3.8, 4) is 0 Å². The number of carbonyl (C=O) groups excluding carboxylic acids is 1. The van der Waals surface area contributed by atoms with Crippen molar-refractivity contribution in [1.29, 1.82) is 0 Å². The van der Waals surface area contributed by atoms with E-state index in [-0.39, 0.29) is 0 Å². The highest BCUT2D eigenvalue weighted by Gasteiger charge is 2.28. The summed E-state index contributed by atoms with van der Waals surface area (Å²) in [7, 11) is 0. The van der Waals surface area contributed by atoms with Gasteiger partial charge in [-0.1, -0.05) is 26.8 Å². The van der Waals surface area contributed by atoms with E-state index in [1.807, 2.05) is 6.07 Å². The third-order valence-electron chi connectivity index (χ3n) is 4.64. The van der Waals surface area contributed by atoms with Gasteiger partial charge in [-0.15, -0.1) is 0 Å². The molecule has 116 valence electrons. The average Bonchev–Trinajstić information content (AvgIpc) is 2.40. The smallest absolute Gasteiger partial charge is 0.248 e. The van der Waals surface area contributed by atoms with Crippen molar-refractivity contribution in [2.75, 3.05) is 18.8 Å². The summed E-state index contributed by atoms with van der Waals surface area (Å²) in [5, 5.41) is 0. The Hall–Kier alpha value is -1.55. The molecular weight excluding hydrogens is 262 g/mol. The maximum atomic E-state index is 11.1. The SMILES string of the molecule is CC(C)(C)C1CCN(Cc2ccc(C(N)=O)cc2N)CC1. The molecular formula is C17H27N3O. The highest BCUT2D eigenvalue weighted by atomic mass is 16.1. The van der Waals surface area contributed by atoms with Crippen LogP contribution < -0.4 is 11.5 Å². The number of piperidine rings is 1. The molecule has 1 fully saturated rings. The topological polar surface area (TPSA) is 72.3 Å². The molecule has 1 aromatic rings. The highest BCUT2D eigenvalue weighted by molar-refractivity contribution is 5.93. The van der Waals surface area contributed by atoms with Crippen molar-refractivity contribution in [3.05, 3.63) is 29.3 Å². The van der Waals surface area contributed by atoms with Gasteiger partial charge < -0.3 is 11.5 Å². The minimum absolute atomic E-state index is 0.397. The summed E-state index contributed by atoms with van der Waals surface area (Å²) in [5.41, 5.74) is 13.9. The van der Waals surface area contributed by atoms with Gasteiger partial charge in [-0.2, -0.15) is 0 Å². The molecule has 2 rings (SSSR count). The molecule has 0 radical (unpaired) electrons. The first-order valence-corrected chi connectivity index (χ1v) is 7.68. The quantitative estimate of drug-likeness (QED) is 0.840. The van der Waals surface area contributed by atoms with Gasteiger partial charge in [0.2, 0.25) is 5.91 Å². The molecule has 1 aromatic carbocycles. The number of hydrogen-bond donors (Lipinski definition) is 2. The fraction of sp³-hybridized carbons (Fsp3) is 0.588. The van der Waals surface area contributed by atoms with E-state index in [1.165, 1.54) is 12.8 Å². The van der Waals surface area contributed by atoms with Crippen LogP contribution in [0.25, 0.3) is 0 Å². The number of nitrogen functional groups attached to an aromatic ring is 1. The molecule has 4 heteroatoms. The average molecular weight is 289 g/mol. The van der Waals surface area contributed by atoms with Gasteiger partial charge in [-0.3, -0.25) is 9.69 Å². The van der Waals surface area contributed by atoms with E-state index in [0.717, 1.165) is 31.1 Å². The fourth-order valence-corrected chi connectivity index (χ4v) is 3.09. The Bertz CT molecular complexity index is 511. The van der Waals surface area contributed by atoms with Crippen molar-refractivity contribution < 1.29 is 4.79 Å². The third kappa shape index (κ3) is 3.97. The predicted octanol–water partition coefficient (Wildman–Crippen LogP) is 2.63. The second-order valence-electron chi connectivity index (χ2n) is 7.19. The van der Waals surface area contributed by atoms with E-state index in [1.54, 1.807) is 12.1 Å².